The minimum Gasteiger partial charge on any atom is -0.327 e. The van der Waals surface area contributed by atoms with Crippen molar-refractivity contribution in [1.29, 1.82) is 0 Å². The van der Waals surface area contributed by atoms with E-state index in [1.165, 1.54) is 234 Å². The van der Waals surface area contributed by atoms with Gasteiger partial charge in [0, 0.05) is 47.8 Å². The van der Waals surface area contributed by atoms with Crippen molar-refractivity contribution in [1.82, 2.24) is 0 Å². The Morgan fingerprint density at radius 1 is 0.194 bits per heavy atom. The van der Waals surface area contributed by atoms with Crippen molar-refractivity contribution < 1.29 is 9.59 Å². The Bertz CT molecular complexity index is 5490. The molecule has 0 saturated heterocycles. The minimum absolute atomic E-state index is 0.145. The molecule has 12 saturated carbocycles. The van der Waals surface area contributed by atoms with Gasteiger partial charge in [0.1, 0.15) is 11.6 Å². The van der Waals surface area contributed by atoms with Crippen LogP contribution in [0, 0.1) is 219 Å². The lowest BCUT2D eigenvalue weighted by atomic mass is 9.42. The van der Waals surface area contributed by atoms with Crippen LogP contribution in [0.3, 0.4) is 0 Å². The lowest BCUT2D eigenvalue weighted by Gasteiger charge is -2.62. The van der Waals surface area contributed by atoms with Crippen LogP contribution in [0.2, 0.25) is 0 Å². The first-order valence-electron chi connectivity index (χ1n) is 59.4. The highest BCUT2D eigenvalue weighted by Gasteiger charge is 2.71. The molecular weight excluding hydrogens is 1750 g/mol. The number of carbonyl (C=O) groups excluding carboxylic acids is 2. The Hall–Kier alpha value is -5.50. The van der Waals surface area contributed by atoms with Crippen LogP contribution in [0.25, 0.3) is 0 Å². The SMILES string of the molecule is Cc1cc(C)c2c(c1)C[C@@H]1[C@@]3(C)CCC(=O)C(C)(C)[C@@H]3CC[C@@]21C.Cc1cc(C)c2c(c1)C[C@@H]1[C@@]3(C)CC[C@@H](N)C(C)(C)[C@@H]3CC[C@@]21C.Cc1cc(C)c2c(c1)C[C@@H]1[C@@]3(C)CC[C@H](N)C(C)(C)[C@@H]3CC[C@@]21C.Cc1cc(C)c2c(c1)C[C@H]1[C@]3(C)CCC(=O)C(C)(C)[C@H]3CC[C@]21C.Cc1cc(C)c2c(c1)C[C@H]1[C@]3(C)CC[C@@H](N)C(C)(C)[C@H]3CC[C@]21C.Cc1cc(C)c2c(c1)C[C@H]1[C@]3(C)CC[C@H](N)C(C)(C)[C@H]3CC[C@]21C. The molecule has 0 unspecified atom stereocenters. The van der Waals surface area contributed by atoms with E-state index in [4.69, 9.17) is 22.9 Å². The van der Waals surface area contributed by atoms with Gasteiger partial charge in [0.05, 0.1) is 0 Å². The fraction of sp³-hybridized carbons (Fsp3) is 0.725. The van der Waals surface area contributed by atoms with E-state index >= 15 is 0 Å². The second-order valence-corrected chi connectivity index (χ2v) is 61.5. The lowest BCUT2D eigenvalue weighted by molar-refractivity contribution is -0.152. The molecule has 8 N–H and O–H groups in total. The molecule has 6 heteroatoms. The minimum atomic E-state index is -0.145. The van der Waals surface area contributed by atoms with E-state index in [1.807, 2.05) is 0 Å². The van der Waals surface area contributed by atoms with Gasteiger partial charge < -0.3 is 22.9 Å². The third kappa shape index (κ3) is 15.5. The van der Waals surface area contributed by atoms with E-state index in [0.717, 1.165) is 73.0 Å². The number of Topliss-reactive ketones (excluding diaryl/α,β-unsaturated/α-hetero) is 2. The molecule has 6 aromatic rings. The smallest absolute Gasteiger partial charge is 0.138 e. The van der Waals surface area contributed by atoms with Crippen LogP contribution < -0.4 is 22.9 Å². The van der Waals surface area contributed by atoms with Gasteiger partial charge in [-0.3, -0.25) is 9.59 Å². The van der Waals surface area contributed by atoms with E-state index < -0.39 is 0 Å². The van der Waals surface area contributed by atoms with Crippen molar-refractivity contribution in [3.63, 3.8) is 0 Å². The lowest BCUT2D eigenvalue weighted by Crippen LogP contribution is -2.60. The van der Waals surface area contributed by atoms with Crippen LogP contribution in [-0.2, 0) is 80.6 Å². The molecule has 6 nitrogen and oxygen atoms in total. The molecule has 144 heavy (non-hydrogen) atoms. The third-order valence-corrected chi connectivity index (χ3v) is 51.6. The average molecular weight is 1950 g/mol. The number of carbonyl (C=O) groups is 2. The Morgan fingerprint density at radius 3 is 0.514 bits per heavy atom. The quantitative estimate of drug-likeness (QED) is 0.120. The fourth-order valence-corrected chi connectivity index (χ4v) is 45.1. The van der Waals surface area contributed by atoms with Gasteiger partial charge in [-0.1, -0.05) is 272 Å². The number of fused-ring (bicyclic) bond motifs is 30. The van der Waals surface area contributed by atoms with Gasteiger partial charge in [-0.2, -0.15) is 0 Å². The monoisotopic (exact) mass is 1950 g/mol. The predicted octanol–water partition coefficient (Wildman–Crippen LogP) is 32.3. The maximum Gasteiger partial charge on any atom is 0.138 e. The molecule has 0 aliphatic heterocycles. The average Bonchev–Trinajstić information content (AvgIpc) is 1.37. The summed E-state index contributed by atoms with van der Waals surface area (Å²) >= 11 is 0. The number of rotatable bonds is 0. The van der Waals surface area contributed by atoms with E-state index in [1.54, 1.807) is 66.8 Å². The van der Waals surface area contributed by atoms with Crippen molar-refractivity contribution in [2.45, 2.75) is 499 Å². The van der Waals surface area contributed by atoms with Crippen molar-refractivity contribution in [2.75, 3.05) is 0 Å². The Balaban J connectivity index is 0.000000109. The number of hydrogen-bond acceptors (Lipinski definition) is 6. The first-order valence-corrected chi connectivity index (χ1v) is 59.4. The Morgan fingerprint density at radius 2 is 0.347 bits per heavy atom. The molecule has 6 aromatic carbocycles. The molecule has 28 atom stereocenters. The molecule has 18 aliphatic carbocycles. The zero-order valence-corrected chi connectivity index (χ0v) is 98.5. The molecule has 0 bridgehead atoms. The normalized spacial score (nSPS) is 42.0. The summed E-state index contributed by atoms with van der Waals surface area (Å²) in [5.41, 5.74) is 69.0. The highest BCUT2D eigenvalue weighted by molar-refractivity contribution is 5.86. The van der Waals surface area contributed by atoms with Crippen molar-refractivity contribution in [2.24, 2.45) is 159 Å². The zero-order valence-electron chi connectivity index (χ0n) is 98.5. The molecule has 24 rings (SSSR count). The zero-order chi connectivity index (χ0) is 105. The van der Waals surface area contributed by atoms with E-state index in [-0.39, 0.29) is 32.5 Å². The highest BCUT2D eigenvalue weighted by Crippen LogP contribution is 2.76. The summed E-state index contributed by atoms with van der Waals surface area (Å²) in [7, 11) is 0. The second-order valence-electron chi connectivity index (χ2n) is 61.5. The number of aryl methyl sites for hydroxylation is 12. The van der Waals surface area contributed by atoms with Crippen molar-refractivity contribution >= 4 is 11.6 Å². The van der Waals surface area contributed by atoms with E-state index in [0.29, 0.717) is 124 Å². The van der Waals surface area contributed by atoms with Crippen molar-refractivity contribution in [3.8, 4) is 0 Å². The van der Waals surface area contributed by atoms with E-state index in [9.17, 15) is 9.59 Å². The van der Waals surface area contributed by atoms with Crippen LogP contribution in [0.4, 0.5) is 0 Å². The van der Waals surface area contributed by atoms with Crippen molar-refractivity contribution in [3.05, 3.63) is 206 Å². The molecule has 0 heterocycles. The molecule has 0 spiro atoms. The summed E-state index contributed by atoms with van der Waals surface area (Å²) in [5.74, 6) is 9.65. The molecule has 0 aromatic heterocycles. The number of hydrogen-bond donors (Lipinski definition) is 4. The van der Waals surface area contributed by atoms with Gasteiger partial charge in [-0.25, -0.2) is 0 Å². The molecular formula is C138H204N4O2. The second kappa shape index (κ2) is 35.0. The fourth-order valence-electron chi connectivity index (χ4n) is 45.1. The molecule has 0 radical (unpaired) electrons. The molecule has 18 aliphatic rings. The largest absolute Gasteiger partial charge is 0.327 e. The maximum atomic E-state index is 12.6. The third-order valence-electron chi connectivity index (χ3n) is 51.6. The van der Waals surface area contributed by atoms with Crippen LogP contribution in [-0.4, -0.2) is 35.7 Å². The summed E-state index contributed by atoms with van der Waals surface area (Å²) in [6.07, 6.45) is 37.0. The molecule has 0 amide bonds. The standard InChI is InChI=1S/4C23H35N.2C23H32O/c6*1-14-11-15(2)20-16(12-14)13-18-22(5)10-8-19(24)21(3,4)17(22)7-9-23(18,20)6/h4*11-12,17-19H,7-10,13,24H2,1-6H3;2*11-12,17-18H,7-10,13H2,1-6H3/t2*17-,18+,19+,22-,23+;2*17-,18+,19-,22-,23+;2*17-,18+,22-,23+/m101010/s1. The summed E-state index contributed by atoms with van der Waals surface area (Å²) in [5, 5.41) is 0. The highest BCUT2D eigenvalue weighted by atomic mass is 16.1. The topological polar surface area (TPSA) is 138 Å². The van der Waals surface area contributed by atoms with Gasteiger partial charge in [-0.15, -0.1) is 0 Å². The van der Waals surface area contributed by atoms with Crippen LogP contribution in [0.1, 0.15) is 454 Å². The summed E-state index contributed by atoms with van der Waals surface area (Å²) in [6, 6.07) is 30.6. The Kier molecular flexibility index (Phi) is 26.0. The summed E-state index contributed by atoms with van der Waals surface area (Å²) < 4.78 is 0. The van der Waals surface area contributed by atoms with Gasteiger partial charge in [0.15, 0.2) is 0 Å². The van der Waals surface area contributed by atoms with Crippen LogP contribution >= 0.6 is 0 Å². The van der Waals surface area contributed by atoms with E-state index in [2.05, 4.69) is 322 Å². The first-order chi connectivity index (χ1) is 66.6. The number of benzene rings is 6. The Labute approximate surface area is 879 Å². The number of ketones is 2. The number of nitrogens with two attached hydrogens (primary N) is 4. The van der Waals surface area contributed by atoms with Gasteiger partial charge >= 0.3 is 0 Å². The van der Waals surface area contributed by atoms with Crippen LogP contribution in [0.5, 0.6) is 0 Å². The summed E-state index contributed by atoms with van der Waals surface area (Å²) in [4.78, 5) is 25.2. The predicted molar refractivity (Wildman–Crippen MR) is 608 cm³/mol. The molecule has 788 valence electrons. The van der Waals surface area contributed by atoms with Gasteiger partial charge in [0.25, 0.3) is 0 Å². The maximum absolute atomic E-state index is 12.6. The first kappa shape index (κ1) is 107. The molecule has 12 fully saturated rings. The summed E-state index contributed by atoms with van der Waals surface area (Å²) in [6.45, 7) is 86.7. The van der Waals surface area contributed by atoms with Crippen LogP contribution in [0.15, 0.2) is 72.8 Å². The van der Waals surface area contributed by atoms with Gasteiger partial charge in [0.2, 0.25) is 0 Å². The van der Waals surface area contributed by atoms with Gasteiger partial charge in [-0.05, 0) is 521 Å².